The van der Waals surface area contributed by atoms with Crippen molar-refractivity contribution in [2.75, 3.05) is 32.7 Å². The van der Waals surface area contributed by atoms with Gasteiger partial charge in [0.25, 0.3) is 0 Å². The normalized spacial score (nSPS) is 19.8. The lowest BCUT2D eigenvalue weighted by Gasteiger charge is -2.23. The molecule has 0 bridgehead atoms. The molecule has 3 aliphatic heterocycles. The van der Waals surface area contributed by atoms with E-state index in [0.29, 0.717) is 12.1 Å². The fourth-order valence-electron chi connectivity index (χ4n) is 3.45. The van der Waals surface area contributed by atoms with Crippen LogP contribution >= 0.6 is 0 Å². The van der Waals surface area contributed by atoms with Crippen LogP contribution in [0.1, 0.15) is 60.8 Å². The van der Waals surface area contributed by atoms with E-state index < -0.39 is 0 Å². The van der Waals surface area contributed by atoms with Crippen molar-refractivity contribution in [3.8, 4) is 0 Å². The monoisotopic (exact) mass is 413 g/mol. The molecule has 170 valence electrons. The fraction of sp³-hybridized carbons (Fsp3) is 0.630. The molecule has 3 heterocycles. The summed E-state index contributed by atoms with van der Waals surface area (Å²) in [5.41, 5.74) is 0. The highest BCUT2D eigenvalue weighted by molar-refractivity contribution is 5.07. The van der Waals surface area contributed by atoms with Crippen LogP contribution in [0.3, 0.4) is 0 Å². The Bertz CT molecular complexity index is 543. The van der Waals surface area contributed by atoms with Crippen LogP contribution in [-0.2, 0) is 0 Å². The van der Waals surface area contributed by atoms with Gasteiger partial charge in [-0.15, -0.1) is 0 Å². The Morgan fingerprint density at radius 3 is 1.50 bits per heavy atom. The van der Waals surface area contributed by atoms with Gasteiger partial charge in [0.1, 0.15) is 0 Å². The first kappa shape index (κ1) is 26.5. The Morgan fingerprint density at radius 1 is 0.500 bits per heavy atom. The Morgan fingerprint density at radius 2 is 1.00 bits per heavy atom. The van der Waals surface area contributed by atoms with Gasteiger partial charge in [-0.1, -0.05) is 48.6 Å². The molecule has 0 unspecified atom stereocenters. The van der Waals surface area contributed by atoms with Crippen LogP contribution in [0.2, 0.25) is 0 Å². The Hall–Kier alpha value is -1.58. The predicted molar refractivity (Wildman–Crippen MR) is 135 cm³/mol. The first-order valence-corrected chi connectivity index (χ1v) is 12.0. The van der Waals surface area contributed by atoms with E-state index in [2.05, 4.69) is 117 Å². The second-order valence-corrected chi connectivity index (χ2v) is 8.97. The first-order chi connectivity index (χ1) is 14.4. The van der Waals surface area contributed by atoms with Crippen LogP contribution in [-0.4, -0.2) is 65.5 Å². The van der Waals surface area contributed by atoms with Crippen molar-refractivity contribution >= 4 is 0 Å². The molecule has 0 saturated carbocycles. The number of rotatable bonds is 3. The van der Waals surface area contributed by atoms with Gasteiger partial charge >= 0.3 is 0 Å². The highest BCUT2D eigenvalue weighted by Crippen LogP contribution is 2.06. The van der Waals surface area contributed by atoms with Crippen molar-refractivity contribution in [3.63, 3.8) is 0 Å². The molecular weight excluding hydrogens is 366 g/mol. The summed E-state index contributed by atoms with van der Waals surface area (Å²) in [6.45, 7) is 19.3. The van der Waals surface area contributed by atoms with Crippen LogP contribution in [0, 0.1) is 0 Å². The second kappa shape index (κ2) is 16.2. The minimum Gasteiger partial charge on any atom is -0.375 e. The van der Waals surface area contributed by atoms with E-state index in [1.54, 1.807) is 0 Å². The summed E-state index contributed by atoms with van der Waals surface area (Å²) >= 11 is 0. The molecular formula is C27H47N3. The van der Waals surface area contributed by atoms with Crippen molar-refractivity contribution in [2.24, 2.45) is 0 Å². The van der Waals surface area contributed by atoms with Gasteiger partial charge in [-0.25, -0.2) is 0 Å². The molecule has 0 aromatic heterocycles. The summed E-state index contributed by atoms with van der Waals surface area (Å²) in [5.74, 6) is 0. The van der Waals surface area contributed by atoms with Crippen LogP contribution in [0.4, 0.5) is 0 Å². The lowest BCUT2D eigenvalue weighted by atomic mass is 10.3. The summed E-state index contributed by atoms with van der Waals surface area (Å²) in [7, 11) is 0. The molecule has 3 nitrogen and oxygen atoms in total. The highest BCUT2D eigenvalue weighted by Gasteiger charge is 2.08. The third-order valence-corrected chi connectivity index (χ3v) is 5.60. The van der Waals surface area contributed by atoms with Gasteiger partial charge in [-0.3, -0.25) is 4.90 Å². The smallest absolute Gasteiger partial charge is 0.0227 e. The van der Waals surface area contributed by atoms with Gasteiger partial charge in [-0.2, -0.15) is 0 Å². The zero-order valence-electron chi connectivity index (χ0n) is 20.5. The summed E-state index contributed by atoms with van der Waals surface area (Å²) in [4.78, 5) is 7.29. The molecule has 0 aliphatic carbocycles. The van der Waals surface area contributed by atoms with Gasteiger partial charge in [0.15, 0.2) is 0 Å². The third kappa shape index (κ3) is 12.2. The standard InChI is InChI=1S/C9H17N.2C9H15N/c3*1-9(2)10-7-5-3-4-6-8-10/h3-4,9H,5-8H2,1-2H3;3-5,7,9H,6,8H2,1-2H3;3-6,9H,7-8H2,1-2H3. The average molecular weight is 414 g/mol. The summed E-state index contributed by atoms with van der Waals surface area (Å²) < 4.78 is 0. The van der Waals surface area contributed by atoms with E-state index >= 15 is 0 Å². The van der Waals surface area contributed by atoms with Gasteiger partial charge in [0.05, 0.1) is 0 Å². The van der Waals surface area contributed by atoms with E-state index in [-0.39, 0.29) is 0 Å². The van der Waals surface area contributed by atoms with Crippen molar-refractivity contribution in [1.82, 2.24) is 14.7 Å². The minimum absolute atomic E-state index is 0.635. The number of allylic oxidation sites excluding steroid dienone is 4. The maximum atomic E-state index is 2.53. The summed E-state index contributed by atoms with van der Waals surface area (Å²) in [6.07, 6.45) is 25.4. The topological polar surface area (TPSA) is 9.72 Å². The Labute approximate surface area is 187 Å². The highest BCUT2D eigenvalue weighted by atomic mass is 15.1. The molecule has 0 saturated heterocycles. The zero-order chi connectivity index (χ0) is 22.2. The maximum absolute atomic E-state index is 2.53. The molecule has 0 radical (unpaired) electrons. The van der Waals surface area contributed by atoms with Gasteiger partial charge in [-0.05, 0) is 73.1 Å². The zero-order valence-corrected chi connectivity index (χ0v) is 20.5. The Balaban J connectivity index is 0.000000225. The van der Waals surface area contributed by atoms with Crippen LogP contribution < -0.4 is 0 Å². The van der Waals surface area contributed by atoms with Crippen LogP contribution in [0.5, 0.6) is 0 Å². The van der Waals surface area contributed by atoms with E-state index in [9.17, 15) is 0 Å². The van der Waals surface area contributed by atoms with Crippen molar-refractivity contribution in [3.05, 3.63) is 60.9 Å². The van der Waals surface area contributed by atoms with E-state index in [0.717, 1.165) is 25.7 Å². The van der Waals surface area contributed by atoms with E-state index in [4.69, 9.17) is 0 Å². The number of hydrogen-bond acceptors (Lipinski definition) is 3. The predicted octanol–water partition coefficient (Wildman–Crippen LogP) is 6.04. The molecule has 0 N–H and O–H groups in total. The molecule has 0 atom stereocenters. The molecule has 0 spiro atoms. The Kier molecular flexibility index (Phi) is 14.2. The largest absolute Gasteiger partial charge is 0.375 e. The molecule has 3 rings (SSSR count). The molecule has 0 amide bonds. The second-order valence-electron chi connectivity index (χ2n) is 8.97. The lowest BCUT2D eigenvalue weighted by molar-refractivity contribution is 0.234. The van der Waals surface area contributed by atoms with Gasteiger partial charge < -0.3 is 9.80 Å². The minimum atomic E-state index is 0.635. The number of nitrogens with zero attached hydrogens (tertiary/aromatic N) is 3. The lowest BCUT2D eigenvalue weighted by Crippen LogP contribution is -2.31. The van der Waals surface area contributed by atoms with Crippen LogP contribution in [0.15, 0.2) is 60.9 Å². The van der Waals surface area contributed by atoms with Gasteiger partial charge in [0, 0.05) is 50.8 Å². The summed E-state index contributed by atoms with van der Waals surface area (Å²) in [5, 5.41) is 0. The molecule has 0 aromatic carbocycles. The van der Waals surface area contributed by atoms with Crippen molar-refractivity contribution < 1.29 is 0 Å². The maximum Gasteiger partial charge on any atom is 0.0227 e. The molecule has 30 heavy (non-hydrogen) atoms. The van der Waals surface area contributed by atoms with E-state index in [1.807, 2.05) is 0 Å². The SMILES string of the molecule is CC(C)N1C=CC=CCC1.CC(C)N1CC=CC=CC1.CC(C)N1CCC=CCC1. The fourth-order valence-corrected chi connectivity index (χ4v) is 3.45. The molecule has 3 aliphatic rings. The van der Waals surface area contributed by atoms with Crippen molar-refractivity contribution in [1.29, 1.82) is 0 Å². The quantitative estimate of drug-likeness (QED) is 0.522. The molecule has 3 heteroatoms. The van der Waals surface area contributed by atoms with Crippen molar-refractivity contribution in [2.45, 2.75) is 78.9 Å². The van der Waals surface area contributed by atoms with Crippen LogP contribution in [0.25, 0.3) is 0 Å². The molecule has 0 aromatic rings. The average Bonchev–Trinajstić information content (AvgIpc) is 3.25. The van der Waals surface area contributed by atoms with E-state index in [1.165, 1.54) is 32.4 Å². The third-order valence-electron chi connectivity index (χ3n) is 5.60. The number of hydrogen-bond donors (Lipinski definition) is 0. The first-order valence-electron chi connectivity index (χ1n) is 12.0. The van der Waals surface area contributed by atoms with Gasteiger partial charge in [0.2, 0.25) is 0 Å². The molecule has 0 fully saturated rings. The summed E-state index contributed by atoms with van der Waals surface area (Å²) in [6, 6.07) is 2.02.